The third-order valence-electron chi connectivity index (χ3n) is 2.07. The Morgan fingerprint density at radius 2 is 1.80 bits per heavy atom. The molecule has 15 heavy (non-hydrogen) atoms. The van der Waals surface area contributed by atoms with Crippen LogP contribution in [0.5, 0.6) is 0 Å². The van der Waals surface area contributed by atoms with Crippen LogP contribution in [0.1, 0.15) is 0 Å². The van der Waals surface area contributed by atoms with E-state index in [9.17, 15) is 0 Å². The summed E-state index contributed by atoms with van der Waals surface area (Å²) in [5.41, 5.74) is 2.51. The van der Waals surface area contributed by atoms with E-state index in [4.69, 9.17) is 0 Å². The summed E-state index contributed by atoms with van der Waals surface area (Å²) >= 11 is 0. The van der Waals surface area contributed by atoms with Crippen LogP contribution in [-0.2, 0) is 0 Å². The highest BCUT2D eigenvalue weighted by molar-refractivity contribution is 6.61. The number of benzene rings is 1. The zero-order valence-corrected chi connectivity index (χ0v) is 8.89. The molecule has 1 aromatic carbocycles. The topological polar surface area (TPSA) is 0 Å². The molecular weight excluding hydrogens is 179 g/mol. The Labute approximate surface area is 92.6 Å². The van der Waals surface area contributed by atoms with Crippen molar-refractivity contribution in [3.8, 4) is 0 Å². The molecule has 0 aliphatic carbocycles. The van der Waals surface area contributed by atoms with Crippen LogP contribution < -0.4 is 5.46 Å². The lowest BCUT2D eigenvalue weighted by atomic mass is 9.63. The minimum absolute atomic E-state index is 0.922. The van der Waals surface area contributed by atoms with E-state index in [1.54, 1.807) is 6.08 Å². The summed E-state index contributed by atoms with van der Waals surface area (Å²) in [6, 6.07) is 10.4. The van der Waals surface area contributed by atoms with Gasteiger partial charge in [-0.05, 0) is 0 Å². The second kappa shape index (κ2) is 6.66. The summed E-state index contributed by atoms with van der Waals surface area (Å²) in [5, 5.41) is 0. The number of rotatable bonds is 5. The molecule has 0 saturated heterocycles. The molecule has 74 valence electrons. The molecular formula is C14H15B. The molecule has 1 rings (SSSR count). The van der Waals surface area contributed by atoms with Crippen LogP contribution in [0.2, 0.25) is 0 Å². The lowest BCUT2D eigenvalue weighted by Crippen LogP contribution is -2.14. The maximum atomic E-state index is 3.81. The van der Waals surface area contributed by atoms with Crippen LogP contribution in [0.3, 0.4) is 0 Å². The molecule has 0 atom stereocenters. The minimum atomic E-state index is 0.922. The molecule has 1 heteroatoms. The fraction of sp³-hybridized carbons (Fsp3) is 0. The van der Waals surface area contributed by atoms with E-state index in [-0.39, 0.29) is 0 Å². The normalized spacial score (nSPS) is 11.3. The molecule has 0 saturated carbocycles. The lowest BCUT2D eigenvalue weighted by Gasteiger charge is -1.98. The molecule has 0 amide bonds. The maximum absolute atomic E-state index is 3.81. The summed E-state index contributed by atoms with van der Waals surface area (Å²) in [7, 11) is 0.922. The first kappa shape index (κ1) is 11.3. The molecule has 0 fully saturated rings. The molecule has 0 heterocycles. The SMILES string of the molecule is C=C/C=C\C=C(\Bc1ccccc1)C=C. The first-order chi connectivity index (χ1) is 7.36. The summed E-state index contributed by atoms with van der Waals surface area (Å²) in [6.07, 6.45) is 9.60. The van der Waals surface area contributed by atoms with Crippen LogP contribution in [0.25, 0.3) is 0 Å². The monoisotopic (exact) mass is 194 g/mol. The Bertz CT molecular complexity index is 372. The van der Waals surface area contributed by atoms with Crippen molar-refractivity contribution < 1.29 is 0 Å². The van der Waals surface area contributed by atoms with E-state index < -0.39 is 0 Å². The number of allylic oxidation sites excluding steroid dienone is 6. The quantitative estimate of drug-likeness (QED) is 0.499. The van der Waals surface area contributed by atoms with Crippen LogP contribution in [0.15, 0.2) is 79.3 Å². The molecule has 0 N–H and O–H groups in total. The second-order valence-electron chi connectivity index (χ2n) is 3.23. The van der Waals surface area contributed by atoms with Gasteiger partial charge >= 0.3 is 0 Å². The summed E-state index contributed by atoms with van der Waals surface area (Å²) < 4.78 is 0. The zero-order chi connectivity index (χ0) is 10.9. The maximum Gasteiger partial charge on any atom is 0.192 e. The third-order valence-corrected chi connectivity index (χ3v) is 2.07. The van der Waals surface area contributed by atoms with Gasteiger partial charge in [-0.1, -0.05) is 84.8 Å². The molecule has 0 aliphatic rings. The first-order valence-electron chi connectivity index (χ1n) is 5.01. The van der Waals surface area contributed by atoms with Gasteiger partial charge < -0.3 is 0 Å². The molecule has 0 radical (unpaired) electrons. The Hall–Kier alpha value is -1.76. The Kier molecular flexibility index (Phi) is 5.03. The Morgan fingerprint density at radius 1 is 1.07 bits per heavy atom. The third kappa shape index (κ3) is 4.32. The van der Waals surface area contributed by atoms with Gasteiger partial charge in [-0.2, -0.15) is 0 Å². The highest BCUT2D eigenvalue weighted by Crippen LogP contribution is 1.95. The van der Waals surface area contributed by atoms with Crippen molar-refractivity contribution in [3.63, 3.8) is 0 Å². The minimum Gasteiger partial charge on any atom is -0.0996 e. The second-order valence-corrected chi connectivity index (χ2v) is 3.23. The average molecular weight is 194 g/mol. The van der Waals surface area contributed by atoms with E-state index in [0.29, 0.717) is 0 Å². The Balaban J connectivity index is 2.69. The van der Waals surface area contributed by atoms with Gasteiger partial charge in [-0.25, -0.2) is 0 Å². The van der Waals surface area contributed by atoms with Crippen molar-refractivity contribution in [2.45, 2.75) is 0 Å². The van der Waals surface area contributed by atoms with Crippen molar-refractivity contribution in [3.05, 3.63) is 79.3 Å². The van der Waals surface area contributed by atoms with Crippen LogP contribution in [0.4, 0.5) is 0 Å². The average Bonchev–Trinajstić information content (AvgIpc) is 2.29. The predicted octanol–water partition coefficient (Wildman–Crippen LogP) is 2.56. The summed E-state index contributed by atoms with van der Waals surface area (Å²) in [5.74, 6) is 0. The molecule has 0 unspecified atom stereocenters. The van der Waals surface area contributed by atoms with E-state index in [1.807, 2.05) is 24.3 Å². The van der Waals surface area contributed by atoms with E-state index in [2.05, 4.69) is 43.5 Å². The molecule has 1 aromatic rings. The van der Waals surface area contributed by atoms with Crippen molar-refractivity contribution in [1.29, 1.82) is 0 Å². The number of hydrogen-bond acceptors (Lipinski definition) is 0. The molecule has 0 spiro atoms. The molecule has 0 bridgehead atoms. The van der Waals surface area contributed by atoms with E-state index >= 15 is 0 Å². The fourth-order valence-corrected chi connectivity index (χ4v) is 1.29. The summed E-state index contributed by atoms with van der Waals surface area (Å²) in [4.78, 5) is 0. The van der Waals surface area contributed by atoms with Crippen molar-refractivity contribution in [2.75, 3.05) is 0 Å². The van der Waals surface area contributed by atoms with Gasteiger partial charge in [0.05, 0.1) is 0 Å². The Morgan fingerprint density at radius 3 is 2.40 bits per heavy atom. The van der Waals surface area contributed by atoms with Crippen LogP contribution >= 0.6 is 0 Å². The molecule has 0 aliphatic heterocycles. The van der Waals surface area contributed by atoms with Gasteiger partial charge in [0.2, 0.25) is 0 Å². The van der Waals surface area contributed by atoms with Gasteiger partial charge in [-0.15, -0.1) is 0 Å². The van der Waals surface area contributed by atoms with E-state index in [0.717, 1.165) is 7.28 Å². The van der Waals surface area contributed by atoms with Crippen molar-refractivity contribution in [2.24, 2.45) is 0 Å². The smallest absolute Gasteiger partial charge is 0.0996 e. The molecule has 0 aromatic heterocycles. The van der Waals surface area contributed by atoms with Crippen molar-refractivity contribution in [1.82, 2.24) is 0 Å². The molecule has 0 nitrogen and oxygen atoms in total. The highest BCUT2D eigenvalue weighted by Gasteiger charge is 1.96. The number of hydrogen-bond donors (Lipinski definition) is 0. The highest BCUT2D eigenvalue weighted by atomic mass is 13.8. The fourth-order valence-electron chi connectivity index (χ4n) is 1.29. The van der Waals surface area contributed by atoms with Gasteiger partial charge in [0.1, 0.15) is 0 Å². The van der Waals surface area contributed by atoms with Crippen molar-refractivity contribution >= 4 is 12.7 Å². The first-order valence-corrected chi connectivity index (χ1v) is 5.01. The largest absolute Gasteiger partial charge is 0.192 e. The van der Waals surface area contributed by atoms with Gasteiger partial charge in [0.15, 0.2) is 7.28 Å². The van der Waals surface area contributed by atoms with Gasteiger partial charge in [0, 0.05) is 0 Å². The van der Waals surface area contributed by atoms with Crippen LogP contribution in [-0.4, -0.2) is 7.28 Å². The van der Waals surface area contributed by atoms with Gasteiger partial charge in [0.25, 0.3) is 0 Å². The lowest BCUT2D eigenvalue weighted by molar-refractivity contribution is 1.75. The standard InChI is InChI=1S/C14H15B/c1-3-5-7-10-13(4-2)15-14-11-8-6-9-12-14/h3-12,15H,1-2H2/b7-5-,13-10+. The summed E-state index contributed by atoms with van der Waals surface area (Å²) in [6.45, 7) is 7.43. The van der Waals surface area contributed by atoms with Crippen LogP contribution in [0, 0.1) is 0 Å². The van der Waals surface area contributed by atoms with E-state index in [1.165, 1.54) is 10.9 Å². The predicted molar refractivity (Wildman–Crippen MR) is 70.8 cm³/mol. The van der Waals surface area contributed by atoms with Gasteiger partial charge in [-0.3, -0.25) is 0 Å². The zero-order valence-electron chi connectivity index (χ0n) is 8.89.